The van der Waals surface area contributed by atoms with Gasteiger partial charge in [-0.1, -0.05) is 44.4 Å². The third-order valence-corrected chi connectivity index (χ3v) is 3.68. The van der Waals surface area contributed by atoms with Gasteiger partial charge in [0.05, 0.1) is 0 Å². The quantitative estimate of drug-likeness (QED) is 0.470. The van der Waals surface area contributed by atoms with E-state index in [1.54, 1.807) is 0 Å². The molecular weight excluding hydrogens is 258 g/mol. The third kappa shape index (κ3) is 6.81. The van der Waals surface area contributed by atoms with Gasteiger partial charge in [0.1, 0.15) is 11.5 Å². The van der Waals surface area contributed by atoms with Gasteiger partial charge in [0.25, 0.3) is 0 Å². The van der Waals surface area contributed by atoms with Crippen LogP contribution in [0.25, 0.3) is 0 Å². The monoisotopic (exact) mass is 289 g/mol. The molecule has 0 aliphatic carbocycles. The summed E-state index contributed by atoms with van der Waals surface area (Å²) in [6, 6.07) is 6.31. The van der Waals surface area contributed by atoms with Gasteiger partial charge >= 0.3 is 0 Å². The van der Waals surface area contributed by atoms with Crippen LogP contribution in [0.1, 0.15) is 63.0 Å². The third-order valence-electron chi connectivity index (χ3n) is 3.68. The zero-order chi connectivity index (χ0) is 15.5. The average Bonchev–Trinajstić information content (AvgIpc) is 2.47. The van der Waals surface area contributed by atoms with E-state index < -0.39 is 0 Å². The Morgan fingerprint density at radius 3 is 2.38 bits per heavy atom. The highest BCUT2D eigenvalue weighted by atomic mass is 16.5. The molecule has 0 bridgehead atoms. The molecule has 0 fully saturated rings. The van der Waals surface area contributed by atoms with Crippen LogP contribution in [0.15, 0.2) is 30.0 Å². The van der Waals surface area contributed by atoms with Gasteiger partial charge in [-0.15, -0.1) is 0 Å². The average molecular weight is 289 g/mol. The maximum Gasteiger partial charge on any atom is 0.132 e. The van der Waals surface area contributed by atoms with E-state index >= 15 is 0 Å². The molecule has 0 spiro atoms. The van der Waals surface area contributed by atoms with Crippen molar-refractivity contribution >= 4 is 0 Å². The van der Waals surface area contributed by atoms with Gasteiger partial charge < -0.3 is 10.5 Å². The first-order valence-corrected chi connectivity index (χ1v) is 8.32. The van der Waals surface area contributed by atoms with Gasteiger partial charge in [0.2, 0.25) is 0 Å². The number of ether oxygens (including phenoxy) is 1. The number of unbranched alkanes of at least 4 members (excludes halogenated alkanes) is 4. The highest BCUT2D eigenvalue weighted by molar-refractivity contribution is 5.40. The highest BCUT2D eigenvalue weighted by Crippen LogP contribution is 2.26. The first kappa shape index (κ1) is 17.8. The molecule has 0 saturated carbocycles. The lowest BCUT2D eigenvalue weighted by Gasteiger charge is -2.15. The lowest BCUT2D eigenvalue weighted by atomic mass is 10.1. The number of rotatable bonds is 10. The molecule has 2 nitrogen and oxygen atoms in total. The van der Waals surface area contributed by atoms with Crippen molar-refractivity contribution in [3.63, 3.8) is 0 Å². The second-order valence-electron chi connectivity index (χ2n) is 5.73. The van der Waals surface area contributed by atoms with Crippen LogP contribution in [-0.4, -0.2) is 6.54 Å². The van der Waals surface area contributed by atoms with Crippen LogP contribution in [0.4, 0.5) is 0 Å². The number of aryl methyl sites for hydroxylation is 2. The lowest BCUT2D eigenvalue weighted by molar-refractivity contribution is 0.387. The summed E-state index contributed by atoms with van der Waals surface area (Å²) in [5.41, 5.74) is 7.95. The summed E-state index contributed by atoms with van der Waals surface area (Å²) in [6.07, 6.45) is 10.3. The molecular formula is C19H31NO. The van der Waals surface area contributed by atoms with E-state index in [4.69, 9.17) is 10.5 Å². The van der Waals surface area contributed by atoms with Crippen LogP contribution in [0.2, 0.25) is 0 Å². The lowest BCUT2D eigenvalue weighted by Crippen LogP contribution is -2.00. The minimum Gasteiger partial charge on any atom is -0.462 e. The number of hydrogen-bond donors (Lipinski definition) is 1. The van der Waals surface area contributed by atoms with E-state index in [9.17, 15) is 0 Å². The summed E-state index contributed by atoms with van der Waals surface area (Å²) >= 11 is 0. The van der Waals surface area contributed by atoms with E-state index in [0.29, 0.717) is 0 Å². The van der Waals surface area contributed by atoms with Crippen molar-refractivity contribution in [1.82, 2.24) is 0 Å². The van der Waals surface area contributed by atoms with Crippen molar-refractivity contribution in [2.75, 3.05) is 6.54 Å². The molecule has 1 rings (SSSR count). The molecule has 0 saturated heterocycles. The van der Waals surface area contributed by atoms with Crippen LogP contribution < -0.4 is 10.5 Å². The van der Waals surface area contributed by atoms with Gasteiger partial charge in [-0.3, -0.25) is 0 Å². The second-order valence-corrected chi connectivity index (χ2v) is 5.73. The summed E-state index contributed by atoms with van der Waals surface area (Å²) in [4.78, 5) is 0. The molecule has 2 N–H and O–H groups in total. The molecule has 21 heavy (non-hydrogen) atoms. The fraction of sp³-hybridized carbons (Fsp3) is 0.579. The van der Waals surface area contributed by atoms with E-state index in [2.05, 4.69) is 45.0 Å². The Kier molecular flexibility index (Phi) is 8.84. The van der Waals surface area contributed by atoms with E-state index in [-0.39, 0.29) is 0 Å². The van der Waals surface area contributed by atoms with E-state index in [1.807, 2.05) is 0 Å². The normalized spacial score (nSPS) is 11.7. The Hall–Kier alpha value is -1.28. The summed E-state index contributed by atoms with van der Waals surface area (Å²) < 4.78 is 6.22. The largest absolute Gasteiger partial charge is 0.462 e. The van der Waals surface area contributed by atoms with Crippen molar-refractivity contribution in [3.05, 3.63) is 41.2 Å². The molecule has 0 atom stereocenters. The Morgan fingerprint density at radius 2 is 1.76 bits per heavy atom. The van der Waals surface area contributed by atoms with Crippen molar-refractivity contribution in [1.29, 1.82) is 0 Å². The Labute approximate surface area is 130 Å². The zero-order valence-corrected chi connectivity index (χ0v) is 14.0. The van der Waals surface area contributed by atoms with Crippen LogP contribution in [0, 0.1) is 13.8 Å². The number of benzene rings is 1. The number of allylic oxidation sites excluding steroid dienone is 2. The molecule has 0 radical (unpaired) electrons. The van der Waals surface area contributed by atoms with Crippen LogP contribution >= 0.6 is 0 Å². The molecule has 0 heterocycles. The van der Waals surface area contributed by atoms with Crippen LogP contribution in [0.5, 0.6) is 5.75 Å². The maximum atomic E-state index is 6.22. The summed E-state index contributed by atoms with van der Waals surface area (Å²) in [6.45, 7) is 7.23. The zero-order valence-electron chi connectivity index (χ0n) is 14.0. The number of hydrogen-bond acceptors (Lipinski definition) is 2. The first-order chi connectivity index (χ1) is 10.2. The molecule has 0 aromatic heterocycles. The Bertz CT molecular complexity index is 417. The standard InChI is InChI=1S/C19H31NO/c1-4-5-13-18(14-8-6-7-9-15-20)21-19-16(2)11-10-12-17(19)3/h10-13H,4-9,14-15,20H2,1-3H3/b18-13+. The molecule has 1 aromatic carbocycles. The van der Waals surface area contributed by atoms with Gasteiger partial charge in [-0.05, 0) is 56.9 Å². The predicted octanol–water partition coefficient (Wildman–Crippen LogP) is 5.28. The van der Waals surface area contributed by atoms with Gasteiger partial charge in [-0.25, -0.2) is 0 Å². The maximum absolute atomic E-state index is 6.22. The van der Waals surface area contributed by atoms with Crippen molar-refractivity contribution in [2.45, 2.75) is 65.7 Å². The van der Waals surface area contributed by atoms with Crippen LogP contribution in [0.3, 0.4) is 0 Å². The summed E-state index contributed by atoms with van der Waals surface area (Å²) in [5, 5.41) is 0. The minimum absolute atomic E-state index is 0.803. The molecule has 0 unspecified atom stereocenters. The van der Waals surface area contributed by atoms with Gasteiger partial charge in [0, 0.05) is 6.42 Å². The molecule has 0 aliphatic rings. The topological polar surface area (TPSA) is 35.2 Å². The van der Waals surface area contributed by atoms with Crippen molar-refractivity contribution in [2.24, 2.45) is 5.73 Å². The fourth-order valence-corrected chi connectivity index (χ4v) is 2.39. The number of para-hydroxylation sites is 1. The Balaban J connectivity index is 2.61. The fourth-order valence-electron chi connectivity index (χ4n) is 2.39. The molecule has 0 aliphatic heterocycles. The van der Waals surface area contributed by atoms with E-state index in [0.717, 1.165) is 43.7 Å². The molecule has 118 valence electrons. The van der Waals surface area contributed by atoms with Crippen molar-refractivity contribution < 1.29 is 4.74 Å². The SMILES string of the molecule is CCC/C=C(\CCCCCCN)Oc1c(C)cccc1C. The Morgan fingerprint density at radius 1 is 1.10 bits per heavy atom. The minimum atomic E-state index is 0.803. The molecule has 0 amide bonds. The van der Waals surface area contributed by atoms with Crippen LogP contribution in [-0.2, 0) is 0 Å². The predicted molar refractivity (Wildman–Crippen MR) is 91.7 cm³/mol. The summed E-state index contributed by atoms with van der Waals surface area (Å²) in [7, 11) is 0. The molecule has 1 aromatic rings. The first-order valence-electron chi connectivity index (χ1n) is 8.32. The van der Waals surface area contributed by atoms with Crippen molar-refractivity contribution in [3.8, 4) is 5.75 Å². The highest BCUT2D eigenvalue weighted by Gasteiger charge is 2.07. The molecule has 2 heteroatoms. The second kappa shape index (κ2) is 10.4. The summed E-state index contributed by atoms with van der Waals surface area (Å²) in [5.74, 6) is 2.16. The van der Waals surface area contributed by atoms with E-state index in [1.165, 1.54) is 30.4 Å². The number of nitrogens with two attached hydrogens (primary N) is 1. The van der Waals surface area contributed by atoms with Gasteiger partial charge in [0.15, 0.2) is 0 Å². The smallest absolute Gasteiger partial charge is 0.132 e. The van der Waals surface area contributed by atoms with Gasteiger partial charge in [-0.2, -0.15) is 0 Å².